The Balaban J connectivity index is 1.54. The zero-order chi connectivity index (χ0) is 15.9. The Kier molecular flexibility index (Phi) is 5.30. The Morgan fingerprint density at radius 2 is 0.500 bits per heavy atom. The summed E-state index contributed by atoms with van der Waals surface area (Å²) in [6.45, 7) is 0. The molecule has 0 radical (unpaired) electrons. The van der Waals surface area contributed by atoms with Crippen molar-refractivity contribution < 1.29 is 0 Å². The van der Waals surface area contributed by atoms with Crippen LogP contribution < -0.4 is 30.2 Å². The third-order valence-electron chi connectivity index (χ3n) is 3.03. The van der Waals surface area contributed by atoms with Crippen LogP contribution in [0, 0.1) is 0 Å². The van der Waals surface area contributed by atoms with Crippen molar-refractivity contribution in [3.05, 3.63) is 48.5 Å². The van der Waals surface area contributed by atoms with Gasteiger partial charge in [-0.2, -0.15) is 0 Å². The van der Waals surface area contributed by atoms with Gasteiger partial charge in [0.1, 0.15) is 0 Å². The molecular weight excluding hydrogens is 636 g/mol. The summed E-state index contributed by atoms with van der Waals surface area (Å²) in [5.74, 6) is 0. The number of thiophene rings is 4. The fraction of sp³-hybridized carbons (Fsp3) is 0. The zero-order valence-corrected chi connectivity index (χ0v) is 22.0. The zero-order valence-electron chi connectivity index (χ0n) is 11.9. The second-order valence-electron chi connectivity index (χ2n) is 4.70. The van der Waals surface area contributed by atoms with E-state index in [9.17, 15) is 0 Å². The van der Waals surface area contributed by atoms with E-state index in [1.165, 1.54) is 0 Å². The number of hydrogen-bond acceptors (Lipinski definition) is 4. The first-order chi connectivity index (χ1) is 11.8. The van der Waals surface area contributed by atoms with Crippen LogP contribution in [0.25, 0.3) is 0 Å². The maximum absolute atomic E-state index is 2.37. The van der Waals surface area contributed by atoms with E-state index in [0.717, 1.165) is 0 Å². The van der Waals surface area contributed by atoms with Gasteiger partial charge < -0.3 is 0 Å². The van der Waals surface area contributed by atoms with Crippen LogP contribution in [0.1, 0.15) is 0 Å². The van der Waals surface area contributed by atoms with Crippen molar-refractivity contribution in [2.45, 2.75) is 0 Å². The monoisotopic (exact) mass is 648 g/mol. The summed E-state index contributed by atoms with van der Waals surface area (Å²) in [6.07, 6.45) is 0. The van der Waals surface area contributed by atoms with Crippen molar-refractivity contribution in [2.75, 3.05) is 0 Å². The van der Waals surface area contributed by atoms with Crippen LogP contribution in [-0.2, 0) is 0 Å². The molecule has 5 rings (SSSR count). The average Bonchev–Trinajstić information content (AvgIpc) is 3.32. The normalized spacial score (nSPS) is 14.0. The summed E-state index contributed by atoms with van der Waals surface area (Å²) in [5, 5.41) is 0. The molecule has 0 saturated carbocycles. The van der Waals surface area contributed by atoms with E-state index in [1.54, 1.807) is 30.2 Å². The summed E-state index contributed by atoms with van der Waals surface area (Å²) in [5.41, 5.74) is 0. The Morgan fingerprint density at radius 3 is 0.667 bits per heavy atom. The molecule has 1 aliphatic heterocycles. The molecule has 0 aliphatic carbocycles. The average molecular weight is 644 g/mol. The predicted octanol–water partition coefficient (Wildman–Crippen LogP) is -1.13. The molecule has 1 aliphatic rings. The Morgan fingerprint density at radius 1 is 0.333 bits per heavy atom. The van der Waals surface area contributed by atoms with Gasteiger partial charge >= 0.3 is 184 Å². The Hall–Kier alpha value is 0.878. The van der Waals surface area contributed by atoms with Crippen LogP contribution in [0.15, 0.2) is 48.5 Å². The number of rotatable bonds is 0. The molecule has 0 nitrogen and oxygen atoms in total. The van der Waals surface area contributed by atoms with Gasteiger partial charge in [-0.3, -0.25) is 0 Å². The fourth-order valence-corrected chi connectivity index (χ4v) is 22.9. The first-order valence-electron chi connectivity index (χ1n) is 6.91. The molecule has 4 aromatic heterocycles. The quantitative estimate of drug-likeness (QED) is 0.188. The molecular formula is C16H8S4Se4. The molecule has 8 bridgehead atoms. The Bertz CT molecular complexity index is 766. The third-order valence-corrected chi connectivity index (χ3v) is 19.1. The molecule has 0 spiro atoms. The minimum atomic E-state index is 0.486. The van der Waals surface area contributed by atoms with Gasteiger partial charge in [0.2, 0.25) is 0 Å². The molecule has 24 heavy (non-hydrogen) atoms. The summed E-state index contributed by atoms with van der Waals surface area (Å²) < 4.78 is 12.6. The molecule has 0 N–H and O–H groups in total. The summed E-state index contributed by atoms with van der Waals surface area (Å²) in [6, 6.07) is 19.0. The van der Waals surface area contributed by atoms with Crippen molar-refractivity contribution in [3.8, 4) is 0 Å². The van der Waals surface area contributed by atoms with Gasteiger partial charge in [0.15, 0.2) is 0 Å². The van der Waals surface area contributed by atoms with Crippen LogP contribution in [-0.4, -0.2) is 59.8 Å². The second kappa shape index (κ2) is 7.48. The van der Waals surface area contributed by atoms with Gasteiger partial charge in [-0.15, -0.1) is 0 Å². The van der Waals surface area contributed by atoms with Crippen molar-refractivity contribution >= 4 is 135 Å². The van der Waals surface area contributed by atoms with Gasteiger partial charge in [0.25, 0.3) is 0 Å². The van der Waals surface area contributed by atoms with Crippen LogP contribution >= 0.6 is 45.3 Å². The molecule has 0 unspecified atom stereocenters. The van der Waals surface area contributed by atoms with E-state index in [2.05, 4.69) is 48.5 Å². The van der Waals surface area contributed by atoms with E-state index in [0.29, 0.717) is 59.8 Å². The Labute approximate surface area is 181 Å². The topological polar surface area (TPSA) is 0 Å². The van der Waals surface area contributed by atoms with Gasteiger partial charge in [0.05, 0.1) is 0 Å². The molecule has 0 atom stereocenters. The summed E-state index contributed by atoms with van der Waals surface area (Å²) >= 11 is 10.1. The van der Waals surface area contributed by atoms with E-state index < -0.39 is 0 Å². The molecule has 0 amide bonds. The fourth-order valence-electron chi connectivity index (χ4n) is 2.05. The van der Waals surface area contributed by atoms with Gasteiger partial charge in [-0.1, -0.05) is 0 Å². The molecule has 5 heterocycles. The van der Waals surface area contributed by atoms with Gasteiger partial charge in [-0.05, 0) is 0 Å². The minimum absolute atomic E-state index is 0.486. The van der Waals surface area contributed by atoms with Crippen LogP contribution in [0.4, 0.5) is 0 Å². The van der Waals surface area contributed by atoms with Crippen molar-refractivity contribution in [3.63, 3.8) is 0 Å². The van der Waals surface area contributed by atoms with Crippen molar-refractivity contribution in [1.82, 2.24) is 0 Å². The number of hydrogen-bond donors (Lipinski definition) is 0. The molecule has 0 saturated heterocycles. The van der Waals surface area contributed by atoms with Crippen LogP contribution in [0.5, 0.6) is 0 Å². The van der Waals surface area contributed by atoms with E-state index >= 15 is 0 Å². The summed E-state index contributed by atoms with van der Waals surface area (Å²) in [4.78, 5) is 0. The van der Waals surface area contributed by atoms with E-state index in [-0.39, 0.29) is 0 Å². The van der Waals surface area contributed by atoms with Crippen molar-refractivity contribution in [2.24, 2.45) is 0 Å². The van der Waals surface area contributed by atoms with Crippen LogP contribution in [0.3, 0.4) is 0 Å². The maximum atomic E-state index is 2.37. The SMILES string of the molecule is c1cc2sc1[Se]c1ccc(s1)[Se]c1ccc(s1)[Se]c1ccc(s1)[Se]2. The standard InChI is InChI=1S/C16H8S4Se4/c1-2-10-17-9(1)21-11-3-4-13(18-11)23-15-7-8-16(20-15)24-14-6-5-12(19-14)22-10/h1-8H. The molecule has 8 heteroatoms. The first-order valence-corrected chi connectivity index (χ1v) is 17.0. The second-order valence-corrected chi connectivity index (χ2v) is 22.8. The van der Waals surface area contributed by atoms with E-state index in [4.69, 9.17) is 0 Å². The molecule has 0 fully saturated rings. The number of fused-ring (bicyclic) bond motifs is 8. The van der Waals surface area contributed by atoms with Crippen LogP contribution in [0.2, 0.25) is 0 Å². The molecule has 120 valence electrons. The molecule has 4 aromatic rings. The van der Waals surface area contributed by atoms with Gasteiger partial charge in [0, 0.05) is 0 Å². The first kappa shape index (κ1) is 17.0. The predicted molar refractivity (Wildman–Crippen MR) is 117 cm³/mol. The molecule has 0 aromatic carbocycles. The summed E-state index contributed by atoms with van der Waals surface area (Å²) in [7, 11) is 0. The third kappa shape index (κ3) is 3.92. The van der Waals surface area contributed by atoms with E-state index in [1.807, 2.05) is 45.3 Å². The van der Waals surface area contributed by atoms with Gasteiger partial charge in [-0.25, -0.2) is 0 Å². The van der Waals surface area contributed by atoms with Crippen molar-refractivity contribution in [1.29, 1.82) is 0 Å².